The largest absolute Gasteiger partial charge is 0.317 e. The molecule has 0 radical (unpaired) electrons. The maximum atomic E-state index is 12.3. The monoisotopic (exact) mass is 286 g/mol. The lowest BCUT2D eigenvalue weighted by Gasteiger charge is -2.34. The molecule has 0 amide bonds. The van der Waals surface area contributed by atoms with Gasteiger partial charge in [0.25, 0.3) is 0 Å². The smallest absolute Gasteiger partial charge is 0.243 e. The third-order valence-electron chi connectivity index (χ3n) is 3.98. The van der Waals surface area contributed by atoms with Crippen LogP contribution in [0, 0.1) is 12.3 Å². The summed E-state index contributed by atoms with van der Waals surface area (Å²) in [6.45, 7) is 6.26. The van der Waals surface area contributed by atoms with Crippen molar-refractivity contribution in [1.29, 1.82) is 0 Å². The quantitative estimate of drug-likeness (QED) is 0.840. The Morgan fingerprint density at radius 3 is 2.63 bits per heavy atom. The van der Waals surface area contributed by atoms with Crippen LogP contribution in [-0.4, -0.2) is 37.8 Å². The topological polar surface area (TPSA) is 76.0 Å². The Bertz CT molecular complexity index is 544. The average molecular weight is 286 g/mol. The van der Waals surface area contributed by atoms with Crippen LogP contribution in [0.5, 0.6) is 0 Å². The number of aryl methyl sites for hydroxylation is 1. The van der Waals surface area contributed by atoms with Crippen LogP contribution in [0.2, 0.25) is 0 Å². The first-order chi connectivity index (χ1) is 8.84. The van der Waals surface area contributed by atoms with E-state index in [4.69, 9.17) is 0 Å². The molecule has 0 atom stereocenters. The van der Waals surface area contributed by atoms with Gasteiger partial charge in [0.15, 0.2) is 0 Å². The highest BCUT2D eigenvalue weighted by atomic mass is 32.2. The van der Waals surface area contributed by atoms with Crippen LogP contribution in [0.4, 0.5) is 0 Å². The van der Waals surface area contributed by atoms with E-state index >= 15 is 0 Å². The molecule has 0 aliphatic carbocycles. The van der Waals surface area contributed by atoms with E-state index < -0.39 is 10.0 Å². The molecule has 2 N–H and O–H groups in total. The molecular formula is C12H22N4O2S. The molecule has 1 aliphatic heterocycles. The minimum absolute atomic E-state index is 0.0361. The summed E-state index contributed by atoms with van der Waals surface area (Å²) >= 11 is 0. The Kier molecular flexibility index (Phi) is 3.98. The van der Waals surface area contributed by atoms with E-state index in [1.54, 1.807) is 18.7 Å². The minimum atomic E-state index is -3.46. The van der Waals surface area contributed by atoms with Gasteiger partial charge in [-0.2, -0.15) is 5.10 Å². The van der Waals surface area contributed by atoms with Gasteiger partial charge in [-0.3, -0.25) is 4.68 Å². The number of sulfonamides is 1. The summed E-state index contributed by atoms with van der Waals surface area (Å²) in [6.07, 6.45) is 3.38. The molecule has 1 aliphatic rings. The van der Waals surface area contributed by atoms with Gasteiger partial charge in [0.05, 0.1) is 11.9 Å². The lowest BCUT2D eigenvalue weighted by atomic mass is 9.81. The van der Waals surface area contributed by atoms with Crippen molar-refractivity contribution >= 4 is 10.0 Å². The fraction of sp³-hybridized carbons (Fsp3) is 0.750. The third kappa shape index (κ3) is 3.16. The molecule has 0 aromatic carbocycles. The zero-order valence-corrected chi connectivity index (χ0v) is 12.5. The molecule has 1 aromatic rings. The second-order valence-electron chi connectivity index (χ2n) is 5.60. The predicted molar refractivity (Wildman–Crippen MR) is 73.3 cm³/mol. The molecule has 7 heteroatoms. The standard InChI is InChI=1S/C12H22N4O2S/c1-10-11(8-14-16(10)3)19(17,18)15-9-12(2)4-6-13-7-5-12/h8,13,15H,4-7,9H2,1-3H3. The average Bonchev–Trinajstić information content (AvgIpc) is 2.70. The van der Waals surface area contributed by atoms with Gasteiger partial charge < -0.3 is 5.32 Å². The SMILES string of the molecule is Cc1c(S(=O)(=O)NCC2(C)CCNCC2)cnn1C. The summed E-state index contributed by atoms with van der Waals surface area (Å²) in [5.74, 6) is 0. The molecule has 0 saturated carbocycles. The molecule has 2 rings (SSSR count). The van der Waals surface area contributed by atoms with Gasteiger partial charge in [0.1, 0.15) is 4.90 Å². The van der Waals surface area contributed by atoms with E-state index in [0.717, 1.165) is 25.9 Å². The molecule has 0 spiro atoms. The molecule has 108 valence electrons. The lowest BCUT2D eigenvalue weighted by Crippen LogP contribution is -2.42. The summed E-state index contributed by atoms with van der Waals surface area (Å²) in [5.41, 5.74) is 0.692. The first-order valence-corrected chi connectivity index (χ1v) is 8.01. The highest BCUT2D eigenvalue weighted by molar-refractivity contribution is 7.89. The van der Waals surface area contributed by atoms with Crippen molar-refractivity contribution in [1.82, 2.24) is 19.8 Å². The first kappa shape index (κ1) is 14.5. The fourth-order valence-electron chi connectivity index (χ4n) is 2.30. The van der Waals surface area contributed by atoms with Crippen LogP contribution in [0.15, 0.2) is 11.1 Å². The van der Waals surface area contributed by atoms with E-state index in [-0.39, 0.29) is 10.3 Å². The lowest BCUT2D eigenvalue weighted by molar-refractivity contribution is 0.232. The number of nitrogens with zero attached hydrogens (tertiary/aromatic N) is 2. The highest BCUT2D eigenvalue weighted by Gasteiger charge is 2.29. The predicted octanol–water partition coefficient (Wildman–Crippen LogP) is 0.397. The van der Waals surface area contributed by atoms with Crippen molar-refractivity contribution in [3.05, 3.63) is 11.9 Å². The van der Waals surface area contributed by atoms with Crippen LogP contribution >= 0.6 is 0 Å². The van der Waals surface area contributed by atoms with Gasteiger partial charge in [-0.1, -0.05) is 6.92 Å². The number of hydrogen-bond donors (Lipinski definition) is 2. The summed E-state index contributed by atoms with van der Waals surface area (Å²) in [6, 6.07) is 0. The molecule has 6 nitrogen and oxygen atoms in total. The minimum Gasteiger partial charge on any atom is -0.317 e. The van der Waals surface area contributed by atoms with Crippen molar-refractivity contribution in [2.75, 3.05) is 19.6 Å². The van der Waals surface area contributed by atoms with Gasteiger partial charge in [-0.25, -0.2) is 13.1 Å². The number of nitrogens with one attached hydrogen (secondary N) is 2. The highest BCUT2D eigenvalue weighted by Crippen LogP contribution is 2.27. The Morgan fingerprint density at radius 1 is 1.47 bits per heavy atom. The maximum Gasteiger partial charge on any atom is 0.243 e. The molecule has 1 fully saturated rings. The van der Waals surface area contributed by atoms with E-state index in [2.05, 4.69) is 22.1 Å². The molecule has 0 unspecified atom stereocenters. The molecule has 1 saturated heterocycles. The van der Waals surface area contributed by atoms with E-state index in [9.17, 15) is 8.42 Å². The summed E-state index contributed by atoms with van der Waals surface area (Å²) in [5, 5.41) is 7.27. The summed E-state index contributed by atoms with van der Waals surface area (Å²) in [4.78, 5) is 0.271. The van der Waals surface area contributed by atoms with Crippen LogP contribution in [-0.2, 0) is 17.1 Å². The molecule has 0 bridgehead atoms. The van der Waals surface area contributed by atoms with Gasteiger partial charge >= 0.3 is 0 Å². The van der Waals surface area contributed by atoms with E-state index in [1.165, 1.54) is 6.20 Å². The molecular weight excluding hydrogens is 264 g/mol. The van der Waals surface area contributed by atoms with Crippen molar-refractivity contribution in [2.24, 2.45) is 12.5 Å². The van der Waals surface area contributed by atoms with Crippen molar-refractivity contribution < 1.29 is 8.42 Å². The van der Waals surface area contributed by atoms with Gasteiger partial charge in [0.2, 0.25) is 10.0 Å². The van der Waals surface area contributed by atoms with Crippen LogP contribution in [0.25, 0.3) is 0 Å². The normalized spacial score (nSPS) is 19.5. The van der Waals surface area contributed by atoms with Gasteiger partial charge in [-0.05, 0) is 38.3 Å². The third-order valence-corrected chi connectivity index (χ3v) is 5.48. The molecule has 19 heavy (non-hydrogen) atoms. The van der Waals surface area contributed by atoms with E-state index in [1.807, 2.05) is 0 Å². The maximum absolute atomic E-state index is 12.3. The Labute approximate surface area is 114 Å². The van der Waals surface area contributed by atoms with Gasteiger partial charge in [0, 0.05) is 13.6 Å². The number of hydrogen-bond acceptors (Lipinski definition) is 4. The second-order valence-corrected chi connectivity index (χ2v) is 7.34. The zero-order valence-electron chi connectivity index (χ0n) is 11.7. The Hall–Kier alpha value is -0.920. The summed E-state index contributed by atoms with van der Waals surface area (Å²) in [7, 11) is -1.72. The zero-order chi connectivity index (χ0) is 14.1. The summed E-state index contributed by atoms with van der Waals surface area (Å²) < 4.78 is 28.8. The van der Waals surface area contributed by atoms with Crippen LogP contribution in [0.1, 0.15) is 25.5 Å². The van der Waals surface area contributed by atoms with Crippen LogP contribution in [0.3, 0.4) is 0 Å². The van der Waals surface area contributed by atoms with E-state index in [0.29, 0.717) is 12.2 Å². The fourth-order valence-corrected chi connectivity index (χ4v) is 3.70. The Morgan fingerprint density at radius 2 is 2.11 bits per heavy atom. The van der Waals surface area contributed by atoms with Crippen molar-refractivity contribution in [3.8, 4) is 0 Å². The molecule has 1 aromatic heterocycles. The van der Waals surface area contributed by atoms with Gasteiger partial charge in [-0.15, -0.1) is 0 Å². The number of rotatable bonds is 4. The molecule has 2 heterocycles. The van der Waals surface area contributed by atoms with Crippen molar-refractivity contribution in [2.45, 2.75) is 31.6 Å². The number of aromatic nitrogens is 2. The van der Waals surface area contributed by atoms with Crippen LogP contribution < -0.4 is 10.0 Å². The number of piperidine rings is 1. The van der Waals surface area contributed by atoms with Crippen molar-refractivity contribution in [3.63, 3.8) is 0 Å². The first-order valence-electron chi connectivity index (χ1n) is 6.53. The Balaban J connectivity index is 2.08. The second kappa shape index (κ2) is 5.22.